The highest BCUT2D eigenvalue weighted by Gasteiger charge is 2.50. The van der Waals surface area contributed by atoms with E-state index in [0.29, 0.717) is 29.9 Å². The number of benzene rings is 1. The topological polar surface area (TPSA) is 90.0 Å². The summed E-state index contributed by atoms with van der Waals surface area (Å²) in [6, 6.07) is 0.293. The molecule has 1 aromatic rings. The number of hydrogen-bond donors (Lipinski definition) is 2. The Kier molecular flexibility index (Phi) is 3.78. The predicted molar refractivity (Wildman–Crippen MR) is 99.5 cm³/mol. The molecule has 3 heterocycles. The molecule has 2 saturated heterocycles. The third-order valence-corrected chi connectivity index (χ3v) is 6.59. The van der Waals surface area contributed by atoms with Gasteiger partial charge in [0.25, 0.3) is 0 Å². The van der Waals surface area contributed by atoms with Crippen LogP contribution >= 0.6 is 0 Å². The molecule has 1 aliphatic carbocycles. The molecule has 3 atom stereocenters. The number of nitrogens with one attached hydrogen (secondary N) is 1. The fraction of sp³-hybridized carbons (Fsp3) is 0.550. The van der Waals surface area contributed by atoms with Crippen LogP contribution in [0.2, 0.25) is 0 Å². The first kappa shape index (κ1) is 17.6. The average molecular weight is 387 g/mol. The van der Waals surface area contributed by atoms with Crippen LogP contribution in [0.1, 0.15) is 35.2 Å². The van der Waals surface area contributed by atoms with Gasteiger partial charge in [0.15, 0.2) is 6.04 Å². The molecule has 1 saturated carbocycles. The molecular formula is C20H22FN3O4. The minimum Gasteiger partial charge on any atom is -0.479 e. The van der Waals surface area contributed by atoms with E-state index in [9.17, 15) is 19.5 Å². The van der Waals surface area contributed by atoms with E-state index in [1.54, 1.807) is 6.07 Å². The van der Waals surface area contributed by atoms with Crippen molar-refractivity contribution in [3.8, 4) is 0 Å². The number of ketones is 2. The Bertz CT molecular complexity index is 901. The zero-order valence-corrected chi connectivity index (χ0v) is 15.6. The van der Waals surface area contributed by atoms with Crippen LogP contribution in [0.15, 0.2) is 6.07 Å². The van der Waals surface area contributed by atoms with Crippen molar-refractivity contribution in [2.24, 2.45) is 5.92 Å². The summed E-state index contributed by atoms with van der Waals surface area (Å²) in [5, 5.41) is 13.0. The SMILES string of the molecule is Cc1c(F)c(N2CC3CCNC3C2)cc2c1C(=O)C(=O)C(C(=O)O)N2C1CC1. The van der Waals surface area contributed by atoms with E-state index >= 15 is 4.39 Å². The van der Waals surface area contributed by atoms with Crippen LogP contribution in [0.3, 0.4) is 0 Å². The summed E-state index contributed by atoms with van der Waals surface area (Å²) in [5.41, 5.74) is 0.932. The molecule has 7 nitrogen and oxygen atoms in total. The second-order valence-electron chi connectivity index (χ2n) is 8.32. The zero-order valence-electron chi connectivity index (χ0n) is 15.6. The normalized spacial score (nSPS) is 29.3. The lowest BCUT2D eigenvalue weighted by Crippen LogP contribution is -2.54. The molecule has 3 aliphatic heterocycles. The van der Waals surface area contributed by atoms with Crippen LogP contribution in [-0.2, 0) is 9.59 Å². The maximum atomic E-state index is 15.3. The van der Waals surface area contributed by atoms with Crippen molar-refractivity contribution in [3.63, 3.8) is 0 Å². The second-order valence-corrected chi connectivity index (χ2v) is 8.32. The summed E-state index contributed by atoms with van der Waals surface area (Å²) in [7, 11) is 0. The fourth-order valence-corrected chi connectivity index (χ4v) is 5.03. The van der Waals surface area contributed by atoms with Crippen molar-refractivity contribution in [2.75, 3.05) is 29.4 Å². The number of anilines is 2. The summed E-state index contributed by atoms with van der Waals surface area (Å²) in [6.45, 7) is 3.88. The van der Waals surface area contributed by atoms with Gasteiger partial charge in [-0.1, -0.05) is 0 Å². The largest absolute Gasteiger partial charge is 0.479 e. The maximum Gasteiger partial charge on any atom is 0.334 e. The molecule has 3 fully saturated rings. The summed E-state index contributed by atoms with van der Waals surface area (Å²) in [5.74, 6) is -3.25. The highest BCUT2D eigenvalue weighted by molar-refractivity contribution is 6.51. The van der Waals surface area contributed by atoms with Gasteiger partial charge in [-0.15, -0.1) is 0 Å². The monoisotopic (exact) mass is 387 g/mol. The van der Waals surface area contributed by atoms with Gasteiger partial charge in [-0.25, -0.2) is 9.18 Å². The molecule has 4 aliphatic rings. The Morgan fingerprint density at radius 3 is 2.61 bits per heavy atom. The molecule has 28 heavy (non-hydrogen) atoms. The maximum absolute atomic E-state index is 15.3. The lowest BCUT2D eigenvalue weighted by atomic mass is 9.89. The minimum absolute atomic E-state index is 0.0215. The number of aliphatic carboxylic acids is 1. The van der Waals surface area contributed by atoms with Crippen LogP contribution in [0.5, 0.6) is 0 Å². The van der Waals surface area contributed by atoms with Crippen molar-refractivity contribution in [1.82, 2.24) is 5.32 Å². The highest BCUT2D eigenvalue weighted by Crippen LogP contribution is 2.44. The van der Waals surface area contributed by atoms with E-state index in [1.807, 2.05) is 4.90 Å². The summed E-state index contributed by atoms with van der Waals surface area (Å²) in [6.07, 6.45) is 2.57. The quantitative estimate of drug-likeness (QED) is 0.593. The molecule has 148 valence electrons. The fourth-order valence-electron chi connectivity index (χ4n) is 5.03. The molecule has 0 spiro atoms. The predicted octanol–water partition coefficient (Wildman–Crippen LogP) is 1.12. The van der Waals surface area contributed by atoms with Crippen molar-refractivity contribution >= 4 is 28.9 Å². The Morgan fingerprint density at radius 2 is 1.96 bits per heavy atom. The lowest BCUT2D eigenvalue weighted by Gasteiger charge is -2.36. The zero-order chi connectivity index (χ0) is 19.7. The third-order valence-electron chi connectivity index (χ3n) is 6.59. The molecule has 3 unspecified atom stereocenters. The number of halogens is 1. The van der Waals surface area contributed by atoms with E-state index in [-0.39, 0.29) is 17.2 Å². The van der Waals surface area contributed by atoms with Gasteiger partial charge in [0.1, 0.15) is 5.82 Å². The minimum atomic E-state index is -1.52. The third kappa shape index (κ3) is 2.40. The summed E-state index contributed by atoms with van der Waals surface area (Å²) in [4.78, 5) is 40.4. The molecule has 5 rings (SSSR count). The van der Waals surface area contributed by atoms with Crippen molar-refractivity contribution in [3.05, 3.63) is 23.0 Å². The molecule has 8 heteroatoms. The second kappa shape index (κ2) is 6.01. The lowest BCUT2D eigenvalue weighted by molar-refractivity contribution is -0.141. The van der Waals surface area contributed by atoms with Gasteiger partial charge < -0.3 is 20.2 Å². The first-order valence-electron chi connectivity index (χ1n) is 9.79. The van der Waals surface area contributed by atoms with Gasteiger partial charge >= 0.3 is 5.97 Å². The Morgan fingerprint density at radius 1 is 1.21 bits per heavy atom. The van der Waals surface area contributed by atoms with Crippen LogP contribution < -0.4 is 15.1 Å². The molecule has 1 aromatic carbocycles. The number of carbonyl (C=O) groups excluding carboxylic acids is 2. The van der Waals surface area contributed by atoms with E-state index in [4.69, 9.17) is 0 Å². The van der Waals surface area contributed by atoms with Crippen LogP contribution in [0, 0.1) is 18.7 Å². The van der Waals surface area contributed by atoms with E-state index in [0.717, 1.165) is 32.4 Å². The van der Waals surface area contributed by atoms with Gasteiger partial charge in [0.05, 0.1) is 16.9 Å². The number of nitrogens with zero attached hydrogens (tertiary/aromatic N) is 2. The Balaban J connectivity index is 1.64. The summed E-state index contributed by atoms with van der Waals surface area (Å²) >= 11 is 0. The number of carboxylic acid groups (broad SMARTS) is 1. The Hall–Kier alpha value is -2.48. The number of hydrogen-bond acceptors (Lipinski definition) is 6. The molecule has 0 amide bonds. The van der Waals surface area contributed by atoms with Crippen LogP contribution in [0.4, 0.5) is 15.8 Å². The number of carboxylic acids is 1. The molecule has 0 radical (unpaired) electrons. The molecule has 0 bridgehead atoms. The van der Waals surface area contributed by atoms with Crippen molar-refractivity contribution in [1.29, 1.82) is 0 Å². The molecule has 2 N–H and O–H groups in total. The van der Waals surface area contributed by atoms with Gasteiger partial charge in [0.2, 0.25) is 11.6 Å². The van der Waals surface area contributed by atoms with Gasteiger partial charge in [0, 0.05) is 30.7 Å². The number of carbonyl (C=O) groups is 3. The standard InChI is InChI=1S/C20H22FN3O4/c1-9-15-13(24(11-2-3-11)17(20(27)28)19(26)18(15)25)6-14(16(9)21)23-7-10-4-5-22-12(10)8-23/h6,10-12,17,22H,2-5,7-8H2,1H3,(H,27,28). The van der Waals surface area contributed by atoms with Crippen molar-refractivity contribution < 1.29 is 23.9 Å². The molecule has 0 aromatic heterocycles. The smallest absolute Gasteiger partial charge is 0.334 e. The van der Waals surface area contributed by atoms with E-state index in [2.05, 4.69) is 5.32 Å². The highest BCUT2D eigenvalue weighted by atomic mass is 19.1. The van der Waals surface area contributed by atoms with Gasteiger partial charge in [-0.3, -0.25) is 9.59 Å². The van der Waals surface area contributed by atoms with E-state index < -0.39 is 29.4 Å². The number of fused-ring (bicyclic) bond motifs is 2. The van der Waals surface area contributed by atoms with Crippen LogP contribution in [-0.4, -0.2) is 60.4 Å². The van der Waals surface area contributed by atoms with Gasteiger partial charge in [-0.05, 0) is 44.7 Å². The summed E-state index contributed by atoms with van der Waals surface area (Å²) < 4.78 is 15.3. The number of Topliss-reactive ketones (excluding diaryl/α,β-unsaturated/α-hetero) is 2. The first-order chi connectivity index (χ1) is 13.4. The first-order valence-corrected chi connectivity index (χ1v) is 9.79. The van der Waals surface area contributed by atoms with Crippen molar-refractivity contribution in [2.45, 2.75) is 44.3 Å². The van der Waals surface area contributed by atoms with Gasteiger partial charge in [-0.2, -0.15) is 0 Å². The number of rotatable bonds is 3. The van der Waals surface area contributed by atoms with E-state index in [1.165, 1.54) is 11.8 Å². The van der Waals surface area contributed by atoms with Crippen LogP contribution in [0.25, 0.3) is 0 Å². The average Bonchev–Trinajstić information content (AvgIpc) is 3.26. The Labute approximate surface area is 161 Å². The molecular weight excluding hydrogens is 365 g/mol.